The molecule has 0 spiro atoms. The van der Waals surface area contributed by atoms with Crippen molar-refractivity contribution in [2.45, 2.75) is 70.2 Å². The molecule has 8 nitrogen and oxygen atoms in total. The highest BCUT2D eigenvalue weighted by Crippen LogP contribution is 2.42. The first-order valence-corrected chi connectivity index (χ1v) is 11.9. The Hall–Kier alpha value is -2.65. The van der Waals surface area contributed by atoms with Crippen molar-refractivity contribution in [3.05, 3.63) is 34.7 Å². The number of hydrogen-bond donors (Lipinski definition) is 2. The third-order valence-corrected chi connectivity index (χ3v) is 6.68. The molecule has 2 aliphatic carbocycles. The lowest BCUT2D eigenvalue weighted by molar-refractivity contribution is 0.126. The van der Waals surface area contributed by atoms with Gasteiger partial charge in [-0.2, -0.15) is 4.98 Å². The minimum atomic E-state index is -0.657. The fraction of sp³-hybridized carbons (Fsp3) is 0.522. The molecule has 10 heteroatoms. The summed E-state index contributed by atoms with van der Waals surface area (Å²) in [6.07, 6.45) is 6.35. The van der Waals surface area contributed by atoms with E-state index in [2.05, 4.69) is 15.3 Å². The molecule has 5 rings (SSSR count). The molecule has 2 saturated carbocycles. The molecule has 0 radical (unpaired) electrons. The number of rotatable bonds is 6. The summed E-state index contributed by atoms with van der Waals surface area (Å²) in [7, 11) is 0. The zero-order chi connectivity index (χ0) is 23.1. The Morgan fingerprint density at radius 1 is 1.24 bits per heavy atom. The van der Waals surface area contributed by atoms with Gasteiger partial charge in [-0.1, -0.05) is 11.6 Å². The molecular weight excluding hydrogens is 449 g/mol. The highest BCUT2D eigenvalue weighted by molar-refractivity contribution is 6.34. The van der Waals surface area contributed by atoms with E-state index in [0.29, 0.717) is 18.4 Å². The molecule has 0 saturated heterocycles. The number of urea groups is 1. The fourth-order valence-corrected chi connectivity index (χ4v) is 4.77. The molecule has 176 valence electrons. The highest BCUT2D eigenvalue weighted by atomic mass is 35.5. The van der Waals surface area contributed by atoms with Crippen LogP contribution in [0.1, 0.15) is 51.0 Å². The summed E-state index contributed by atoms with van der Waals surface area (Å²) in [5, 5.41) is 13.2. The number of benzene rings is 1. The largest absolute Gasteiger partial charge is 0.491 e. The van der Waals surface area contributed by atoms with Gasteiger partial charge >= 0.3 is 6.03 Å². The Bertz CT molecular complexity index is 1060. The maximum atomic E-state index is 15.3. The monoisotopic (exact) mass is 475 g/mol. The molecule has 0 bridgehead atoms. The Morgan fingerprint density at radius 3 is 2.70 bits per heavy atom. The van der Waals surface area contributed by atoms with Crippen molar-refractivity contribution in [2.75, 3.05) is 21.7 Å². The Balaban J connectivity index is 1.47. The van der Waals surface area contributed by atoms with E-state index in [9.17, 15) is 9.90 Å². The van der Waals surface area contributed by atoms with Crippen molar-refractivity contribution in [3.8, 4) is 5.75 Å². The average Bonchev–Trinajstić information content (AvgIpc) is 3.63. The molecule has 2 amide bonds. The van der Waals surface area contributed by atoms with Crippen molar-refractivity contribution < 1.29 is 19.0 Å². The molecule has 1 aromatic heterocycles. The van der Waals surface area contributed by atoms with Crippen LogP contribution in [-0.4, -0.2) is 45.9 Å². The van der Waals surface area contributed by atoms with Gasteiger partial charge in [-0.15, -0.1) is 0 Å². The van der Waals surface area contributed by atoms with Crippen molar-refractivity contribution in [2.24, 2.45) is 0 Å². The summed E-state index contributed by atoms with van der Waals surface area (Å²) in [4.78, 5) is 25.7. The zero-order valence-corrected chi connectivity index (χ0v) is 19.2. The van der Waals surface area contributed by atoms with E-state index in [1.54, 1.807) is 24.1 Å². The lowest BCUT2D eigenvalue weighted by Crippen LogP contribution is -2.49. The highest BCUT2D eigenvalue weighted by Gasteiger charge is 2.43. The molecule has 33 heavy (non-hydrogen) atoms. The first-order valence-electron chi connectivity index (χ1n) is 11.5. The number of amides is 2. The lowest BCUT2D eigenvalue weighted by Gasteiger charge is -2.37. The normalized spacial score (nSPS) is 22.8. The van der Waals surface area contributed by atoms with Gasteiger partial charge in [0.15, 0.2) is 11.6 Å². The minimum absolute atomic E-state index is 0.00637. The van der Waals surface area contributed by atoms with Crippen molar-refractivity contribution in [1.82, 2.24) is 9.97 Å². The quantitative estimate of drug-likeness (QED) is 0.639. The molecule has 3 aliphatic rings. The van der Waals surface area contributed by atoms with Crippen LogP contribution < -0.4 is 19.9 Å². The predicted molar refractivity (Wildman–Crippen MR) is 124 cm³/mol. The number of aliphatic hydroxyl groups excluding tert-OH is 1. The van der Waals surface area contributed by atoms with E-state index in [4.69, 9.17) is 16.3 Å². The molecular formula is C23H27ClFN5O3. The van der Waals surface area contributed by atoms with Gasteiger partial charge in [0.2, 0.25) is 5.95 Å². The summed E-state index contributed by atoms with van der Waals surface area (Å²) in [6, 6.07) is 2.86. The Labute approximate surface area is 196 Å². The second-order valence-electron chi connectivity index (χ2n) is 8.80. The third kappa shape index (κ3) is 4.31. The number of anilines is 3. The van der Waals surface area contributed by atoms with Crippen LogP contribution in [0.3, 0.4) is 0 Å². The molecule has 1 aromatic carbocycles. The first-order chi connectivity index (χ1) is 16.0. The van der Waals surface area contributed by atoms with Gasteiger partial charge in [-0.25, -0.2) is 14.2 Å². The van der Waals surface area contributed by atoms with E-state index in [0.717, 1.165) is 44.1 Å². The molecule has 0 atom stereocenters. The van der Waals surface area contributed by atoms with E-state index in [1.165, 1.54) is 11.0 Å². The molecule has 2 N–H and O–H groups in total. The number of aliphatic hydroxyl groups is 1. The van der Waals surface area contributed by atoms with Crippen LogP contribution in [0, 0.1) is 5.82 Å². The smallest absolute Gasteiger partial charge is 0.330 e. The van der Waals surface area contributed by atoms with Gasteiger partial charge in [-0.05, 0) is 57.6 Å². The number of nitrogens with zero attached hydrogens (tertiary/aromatic N) is 4. The number of halogens is 2. The van der Waals surface area contributed by atoms with Crippen LogP contribution in [0.5, 0.6) is 5.75 Å². The van der Waals surface area contributed by atoms with E-state index >= 15 is 4.39 Å². The van der Waals surface area contributed by atoms with Gasteiger partial charge in [0.25, 0.3) is 0 Å². The summed E-state index contributed by atoms with van der Waals surface area (Å²) in [6.45, 7) is 2.18. The predicted octanol–water partition coefficient (Wildman–Crippen LogP) is 4.49. The maximum absolute atomic E-state index is 15.3. The Kier molecular flexibility index (Phi) is 6.01. The average molecular weight is 476 g/mol. The second kappa shape index (κ2) is 8.95. The topological polar surface area (TPSA) is 90.8 Å². The van der Waals surface area contributed by atoms with Crippen LogP contribution >= 0.6 is 11.6 Å². The van der Waals surface area contributed by atoms with Crippen LogP contribution in [0.25, 0.3) is 0 Å². The van der Waals surface area contributed by atoms with Crippen molar-refractivity contribution in [3.63, 3.8) is 0 Å². The molecule has 2 heterocycles. The number of carbonyl (C=O) groups is 1. The number of fused-ring (bicyclic) bond motifs is 1. The third-order valence-electron chi connectivity index (χ3n) is 6.38. The number of ether oxygens (including phenoxy) is 1. The SMILES string of the molecule is CCOc1ccc(Cl)c(N2Cc3cnc(NC4CCC(O)CC4)nc3N(C3CC3)C2=O)c1F. The van der Waals surface area contributed by atoms with Gasteiger partial charge in [-0.3, -0.25) is 9.80 Å². The first kappa shape index (κ1) is 22.2. The van der Waals surface area contributed by atoms with E-state index in [1.807, 2.05) is 0 Å². The molecule has 0 unspecified atom stereocenters. The van der Waals surface area contributed by atoms with Gasteiger partial charge in [0.05, 0.1) is 24.3 Å². The number of nitrogens with one attached hydrogen (secondary N) is 1. The number of carbonyl (C=O) groups excluding carboxylic acids is 1. The standard InChI is InChI=1S/C23H27ClFN5O3/c1-2-33-18-10-9-17(24)20(19(18)25)29-12-13-11-26-22(27-14-3-7-16(31)8-4-14)28-21(13)30(23(29)32)15-5-6-15/h9-11,14-16,31H,2-8,12H2,1H3,(H,26,27,28). The van der Waals surface area contributed by atoms with Gasteiger partial charge in [0, 0.05) is 23.8 Å². The van der Waals surface area contributed by atoms with Gasteiger partial charge < -0.3 is 15.2 Å². The molecule has 2 fully saturated rings. The molecule has 1 aliphatic heterocycles. The van der Waals surface area contributed by atoms with E-state index < -0.39 is 5.82 Å². The summed E-state index contributed by atoms with van der Waals surface area (Å²) in [5.41, 5.74) is 0.732. The molecule has 2 aromatic rings. The number of aromatic nitrogens is 2. The fourth-order valence-electron chi connectivity index (χ4n) is 4.52. The zero-order valence-electron chi connectivity index (χ0n) is 18.4. The van der Waals surface area contributed by atoms with Crippen LogP contribution in [0.15, 0.2) is 18.3 Å². The van der Waals surface area contributed by atoms with E-state index in [-0.39, 0.29) is 47.2 Å². The van der Waals surface area contributed by atoms with Crippen molar-refractivity contribution >= 4 is 35.1 Å². The maximum Gasteiger partial charge on any atom is 0.330 e. The van der Waals surface area contributed by atoms with Crippen LogP contribution in [-0.2, 0) is 6.54 Å². The Morgan fingerprint density at radius 2 is 2.00 bits per heavy atom. The summed E-state index contributed by atoms with van der Waals surface area (Å²) < 4.78 is 20.6. The second-order valence-corrected chi connectivity index (χ2v) is 9.21. The van der Waals surface area contributed by atoms with Crippen LogP contribution in [0.4, 0.5) is 26.6 Å². The lowest BCUT2D eigenvalue weighted by atomic mass is 9.93. The number of hydrogen-bond acceptors (Lipinski definition) is 6. The minimum Gasteiger partial charge on any atom is -0.491 e. The van der Waals surface area contributed by atoms with Gasteiger partial charge in [0.1, 0.15) is 11.5 Å². The summed E-state index contributed by atoms with van der Waals surface area (Å²) in [5.74, 6) is 0.423. The van der Waals surface area contributed by atoms with Crippen LogP contribution in [0.2, 0.25) is 5.02 Å². The van der Waals surface area contributed by atoms with Crippen molar-refractivity contribution in [1.29, 1.82) is 0 Å². The summed E-state index contributed by atoms with van der Waals surface area (Å²) >= 11 is 6.35.